The molecule has 5 nitrogen and oxygen atoms in total. The van der Waals surface area contributed by atoms with E-state index < -0.39 is 10.0 Å². The van der Waals surface area contributed by atoms with Crippen LogP contribution >= 0.6 is 11.3 Å². The summed E-state index contributed by atoms with van der Waals surface area (Å²) < 4.78 is 26.8. The summed E-state index contributed by atoms with van der Waals surface area (Å²) in [6.07, 6.45) is 1.05. The van der Waals surface area contributed by atoms with Crippen LogP contribution in [0.4, 0.5) is 5.69 Å². The normalized spacial score (nSPS) is 22.1. The fraction of sp³-hybridized carbons (Fsp3) is 0.600. The first-order chi connectivity index (χ1) is 7.97. The Morgan fingerprint density at radius 3 is 2.94 bits per heavy atom. The van der Waals surface area contributed by atoms with E-state index >= 15 is 0 Å². The third kappa shape index (κ3) is 3.19. The zero-order chi connectivity index (χ0) is 12.5. The number of rotatable bonds is 4. The lowest BCUT2D eigenvalue weighted by atomic mass is 10.1. The predicted molar refractivity (Wildman–Crippen MR) is 69.5 cm³/mol. The van der Waals surface area contributed by atoms with Gasteiger partial charge in [-0.3, -0.25) is 0 Å². The Balaban J connectivity index is 1.94. The molecule has 0 bridgehead atoms. The molecule has 1 saturated heterocycles. The van der Waals surface area contributed by atoms with Crippen molar-refractivity contribution in [3.63, 3.8) is 0 Å². The van der Waals surface area contributed by atoms with E-state index in [-0.39, 0.29) is 0 Å². The largest absolute Gasteiger partial charge is 0.398 e. The molecular weight excluding hydrogens is 258 g/mol. The Morgan fingerprint density at radius 2 is 2.41 bits per heavy atom. The van der Waals surface area contributed by atoms with Gasteiger partial charge < -0.3 is 10.6 Å². The summed E-state index contributed by atoms with van der Waals surface area (Å²) in [4.78, 5) is 2.21. The minimum atomic E-state index is -3.37. The number of nitrogens with zero attached hydrogens (tertiary/aromatic N) is 1. The molecule has 1 unspecified atom stereocenters. The van der Waals surface area contributed by atoms with Gasteiger partial charge in [0.1, 0.15) is 4.21 Å². The lowest BCUT2D eigenvalue weighted by Crippen LogP contribution is -2.30. The van der Waals surface area contributed by atoms with Crippen LogP contribution in [0.25, 0.3) is 0 Å². The Bertz CT molecular complexity index is 483. The van der Waals surface area contributed by atoms with Crippen molar-refractivity contribution in [3.8, 4) is 0 Å². The Kier molecular flexibility index (Phi) is 3.72. The molecule has 1 fully saturated rings. The van der Waals surface area contributed by atoms with E-state index in [0.29, 0.717) is 22.4 Å². The molecule has 17 heavy (non-hydrogen) atoms. The molecule has 2 rings (SSSR count). The lowest BCUT2D eigenvalue weighted by Gasteiger charge is -2.11. The van der Waals surface area contributed by atoms with Crippen molar-refractivity contribution in [1.82, 2.24) is 9.62 Å². The monoisotopic (exact) mass is 275 g/mol. The molecule has 96 valence electrons. The third-order valence-corrected chi connectivity index (χ3v) is 5.79. The molecule has 1 aromatic rings. The van der Waals surface area contributed by atoms with Gasteiger partial charge in [0.25, 0.3) is 0 Å². The zero-order valence-electron chi connectivity index (χ0n) is 9.72. The topological polar surface area (TPSA) is 75.4 Å². The molecule has 7 heteroatoms. The van der Waals surface area contributed by atoms with Crippen molar-refractivity contribution in [1.29, 1.82) is 0 Å². The summed E-state index contributed by atoms with van der Waals surface area (Å²) in [5.74, 6) is 0.409. The first-order valence-corrected chi connectivity index (χ1v) is 7.86. The van der Waals surface area contributed by atoms with E-state index in [4.69, 9.17) is 5.73 Å². The van der Waals surface area contributed by atoms with E-state index in [1.54, 1.807) is 5.38 Å². The van der Waals surface area contributed by atoms with Gasteiger partial charge in [-0.15, -0.1) is 11.3 Å². The van der Waals surface area contributed by atoms with Crippen molar-refractivity contribution in [2.75, 3.05) is 32.4 Å². The number of thiophene rings is 1. The highest BCUT2D eigenvalue weighted by Crippen LogP contribution is 2.22. The van der Waals surface area contributed by atoms with Crippen LogP contribution in [0.5, 0.6) is 0 Å². The summed E-state index contributed by atoms with van der Waals surface area (Å²) in [6.45, 7) is 2.50. The average Bonchev–Trinajstić information content (AvgIpc) is 2.85. The molecule has 2 heterocycles. The highest BCUT2D eigenvalue weighted by atomic mass is 32.2. The number of anilines is 1. The fourth-order valence-electron chi connectivity index (χ4n) is 1.96. The first kappa shape index (κ1) is 12.8. The van der Waals surface area contributed by atoms with E-state index in [0.717, 1.165) is 30.8 Å². The molecule has 1 aliphatic heterocycles. The Hall–Kier alpha value is -0.630. The Morgan fingerprint density at radius 1 is 1.65 bits per heavy atom. The molecule has 0 aromatic carbocycles. The summed E-state index contributed by atoms with van der Waals surface area (Å²) in [5, 5.41) is 1.64. The summed E-state index contributed by atoms with van der Waals surface area (Å²) in [7, 11) is -1.32. The lowest BCUT2D eigenvalue weighted by molar-refractivity contribution is 0.394. The predicted octanol–water partition coefficient (Wildman–Crippen LogP) is 0.560. The van der Waals surface area contributed by atoms with Crippen molar-refractivity contribution in [3.05, 3.63) is 11.4 Å². The number of sulfonamides is 1. The third-order valence-electron chi connectivity index (χ3n) is 2.91. The molecule has 0 aliphatic carbocycles. The van der Waals surface area contributed by atoms with Crippen molar-refractivity contribution in [2.45, 2.75) is 10.6 Å². The van der Waals surface area contributed by atoms with Crippen molar-refractivity contribution in [2.24, 2.45) is 5.92 Å². The van der Waals surface area contributed by atoms with E-state index in [2.05, 4.69) is 16.7 Å². The SMILES string of the molecule is CN1CCC(CNS(=O)(=O)c2cc(N)cs2)C1. The maximum Gasteiger partial charge on any atom is 0.250 e. The van der Waals surface area contributed by atoms with E-state index in [1.807, 2.05) is 0 Å². The number of nitrogen functional groups attached to an aromatic ring is 1. The standard InChI is InChI=1S/C10H17N3O2S2/c1-13-3-2-8(6-13)5-12-17(14,15)10-4-9(11)7-16-10/h4,7-8,12H,2-3,5-6,11H2,1H3. The van der Waals surface area contributed by atoms with Crippen molar-refractivity contribution < 1.29 is 8.42 Å². The van der Waals surface area contributed by atoms with Crippen LogP contribution in [0.3, 0.4) is 0 Å². The molecule has 0 saturated carbocycles. The molecule has 0 radical (unpaired) electrons. The van der Waals surface area contributed by atoms with Gasteiger partial charge in [0.2, 0.25) is 10.0 Å². The van der Waals surface area contributed by atoms with Crippen LogP contribution in [0.15, 0.2) is 15.7 Å². The van der Waals surface area contributed by atoms with Gasteiger partial charge in [-0.25, -0.2) is 13.1 Å². The summed E-state index contributed by atoms with van der Waals surface area (Å²) in [5.41, 5.74) is 6.02. The molecule has 1 atom stereocenters. The zero-order valence-corrected chi connectivity index (χ0v) is 11.4. The number of nitrogens with two attached hydrogens (primary N) is 1. The highest BCUT2D eigenvalue weighted by Gasteiger charge is 2.23. The van der Waals surface area contributed by atoms with Crippen molar-refractivity contribution >= 4 is 27.0 Å². The van der Waals surface area contributed by atoms with E-state index in [1.165, 1.54) is 6.07 Å². The minimum absolute atomic E-state index is 0.293. The van der Waals surface area contributed by atoms with Gasteiger partial charge in [0.15, 0.2) is 0 Å². The van der Waals surface area contributed by atoms with Gasteiger partial charge in [-0.05, 0) is 32.0 Å². The fourth-order valence-corrected chi connectivity index (χ4v) is 4.20. The second kappa shape index (κ2) is 4.93. The molecule has 1 aliphatic rings. The maximum atomic E-state index is 11.9. The second-order valence-electron chi connectivity index (χ2n) is 4.47. The van der Waals surface area contributed by atoms with Gasteiger partial charge >= 0.3 is 0 Å². The molecule has 1 aromatic heterocycles. The quantitative estimate of drug-likeness (QED) is 0.842. The number of hydrogen-bond donors (Lipinski definition) is 2. The van der Waals surface area contributed by atoms with Crippen LogP contribution in [0, 0.1) is 5.92 Å². The van der Waals surface area contributed by atoms with Crippen LogP contribution in [-0.2, 0) is 10.0 Å². The molecular formula is C10H17N3O2S2. The molecule has 0 amide bonds. The van der Waals surface area contributed by atoms with Gasteiger partial charge in [-0.2, -0.15) is 0 Å². The maximum absolute atomic E-state index is 11.9. The second-order valence-corrected chi connectivity index (χ2v) is 7.37. The van der Waals surface area contributed by atoms with Crippen LogP contribution in [0.2, 0.25) is 0 Å². The van der Waals surface area contributed by atoms with Gasteiger partial charge in [0.05, 0.1) is 0 Å². The molecule has 3 N–H and O–H groups in total. The minimum Gasteiger partial charge on any atom is -0.398 e. The Labute approximate surface area is 106 Å². The van der Waals surface area contributed by atoms with Crippen LogP contribution in [-0.4, -0.2) is 40.0 Å². The number of nitrogens with one attached hydrogen (secondary N) is 1. The van der Waals surface area contributed by atoms with Crippen LogP contribution in [0.1, 0.15) is 6.42 Å². The molecule has 0 spiro atoms. The number of likely N-dealkylation sites (tertiary alicyclic amines) is 1. The van der Waals surface area contributed by atoms with Gasteiger partial charge in [-0.1, -0.05) is 0 Å². The first-order valence-electron chi connectivity index (χ1n) is 5.49. The smallest absolute Gasteiger partial charge is 0.250 e. The van der Waals surface area contributed by atoms with E-state index in [9.17, 15) is 8.42 Å². The van der Waals surface area contributed by atoms with Gasteiger partial charge in [0, 0.05) is 24.2 Å². The summed E-state index contributed by atoms with van der Waals surface area (Å²) in [6, 6.07) is 1.49. The number of hydrogen-bond acceptors (Lipinski definition) is 5. The van der Waals surface area contributed by atoms with Crippen LogP contribution < -0.4 is 10.5 Å². The average molecular weight is 275 g/mol. The highest BCUT2D eigenvalue weighted by molar-refractivity contribution is 7.91. The summed E-state index contributed by atoms with van der Waals surface area (Å²) >= 11 is 1.15.